The van der Waals surface area contributed by atoms with Crippen LogP contribution in [0.15, 0.2) is 54.6 Å². The van der Waals surface area contributed by atoms with Gasteiger partial charge in [-0.1, -0.05) is 42.5 Å². The predicted molar refractivity (Wildman–Crippen MR) is 95.3 cm³/mol. The van der Waals surface area contributed by atoms with Gasteiger partial charge in [-0.3, -0.25) is 9.59 Å². The standard InChI is InChI=1S/C20H22N2O3/c23-18-9-5-4-8-17(18)20(25)21-16-10-12-22(13-11-16)19(24)14-15-6-2-1-3-7-15/h1-9,16,23H,10-14H2,(H,21,25). The second-order valence-electron chi connectivity index (χ2n) is 6.31. The lowest BCUT2D eigenvalue weighted by molar-refractivity contribution is -0.131. The Labute approximate surface area is 147 Å². The van der Waals surface area contributed by atoms with Crippen LogP contribution in [0.5, 0.6) is 5.75 Å². The number of aromatic hydroxyl groups is 1. The number of likely N-dealkylation sites (tertiary alicyclic amines) is 1. The number of phenolic OH excluding ortho intramolecular Hbond substituents is 1. The number of para-hydroxylation sites is 1. The molecule has 1 aliphatic rings. The first kappa shape index (κ1) is 17.0. The van der Waals surface area contributed by atoms with Crippen molar-refractivity contribution in [1.29, 1.82) is 0 Å². The van der Waals surface area contributed by atoms with Crippen molar-refractivity contribution in [3.63, 3.8) is 0 Å². The van der Waals surface area contributed by atoms with Crippen LogP contribution >= 0.6 is 0 Å². The lowest BCUT2D eigenvalue weighted by Crippen LogP contribution is -2.47. The van der Waals surface area contributed by atoms with E-state index in [4.69, 9.17) is 0 Å². The lowest BCUT2D eigenvalue weighted by atomic mass is 10.0. The molecule has 2 aromatic carbocycles. The van der Waals surface area contributed by atoms with Crippen LogP contribution in [0.2, 0.25) is 0 Å². The van der Waals surface area contributed by atoms with Gasteiger partial charge in [0.2, 0.25) is 5.91 Å². The Hall–Kier alpha value is -2.82. The number of rotatable bonds is 4. The van der Waals surface area contributed by atoms with Gasteiger partial charge in [0.05, 0.1) is 12.0 Å². The summed E-state index contributed by atoms with van der Waals surface area (Å²) in [6.45, 7) is 1.27. The maximum Gasteiger partial charge on any atom is 0.255 e. The third kappa shape index (κ3) is 4.38. The average molecular weight is 338 g/mol. The van der Waals surface area contributed by atoms with E-state index in [2.05, 4.69) is 5.32 Å². The third-order valence-corrected chi connectivity index (χ3v) is 4.53. The molecule has 1 fully saturated rings. The molecule has 2 aromatic rings. The van der Waals surface area contributed by atoms with E-state index in [1.54, 1.807) is 18.2 Å². The van der Waals surface area contributed by atoms with Gasteiger partial charge in [0.1, 0.15) is 5.75 Å². The number of benzene rings is 2. The molecule has 5 nitrogen and oxygen atoms in total. The van der Waals surface area contributed by atoms with E-state index in [0.717, 1.165) is 18.4 Å². The van der Waals surface area contributed by atoms with Gasteiger partial charge in [-0.05, 0) is 30.5 Å². The summed E-state index contributed by atoms with van der Waals surface area (Å²) in [5.41, 5.74) is 1.30. The summed E-state index contributed by atoms with van der Waals surface area (Å²) < 4.78 is 0. The molecule has 0 aliphatic carbocycles. The minimum Gasteiger partial charge on any atom is -0.507 e. The number of hydrogen-bond donors (Lipinski definition) is 2. The van der Waals surface area contributed by atoms with E-state index in [-0.39, 0.29) is 29.2 Å². The highest BCUT2D eigenvalue weighted by Gasteiger charge is 2.24. The molecule has 2 amide bonds. The maximum absolute atomic E-state index is 12.4. The van der Waals surface area contributed by atoms with Crippen molar-refractivity contribution in [3.8, 4) is 5.75 Å². The van der Waals surface area contributed by atoms with Crippen molar-refractivity contribution < 1.29 is 14.7 Å². The van der Waals surface area contributed by atoms with Gasteiger partial charge in [-0.25, -0.2) is 0 Å². The van der Waals surface area contributed by atoms with Gasteiger partial charge >= 0.3 is 0 Å². The zero-order valence-corrected chi connectivity index (χ0v) is 14.0. The van der Waals surface area contributed by atoms with Crippen molar-refractivity contribution in [2.24, 2.45) is 0 Å². The van der Waals surface area contributed by atoms with Crippen molar-refractivity contribution >= 4 is 11.8 Å². The Bertz CT molecular complexity index is 738. The Morgan fingerprint density at radius 3 is 2.32 bits per heavy atom. The van der Waals surface area contributed by atoms with Gasteiger partial charge in [0.15, 0.2) is 0 Å². The molecule has 1 aliphatic heterocycles. The molecule has 1 heterocycles. The quantitative estimate of drug-likeness (QED) is 0.899. The Morgan fingerprint density at radius 2 is 1.64 bits per heavy atom. The fraction of sp³-hybridized carbons (Fsp3) is 0.300. The summed E-state index contributed by atoms with van der Waals surface area (Å²) in [6.07, 6.45) is 1.86. The number of phenols is 1. The van der Waals surface area contributed by atoms with Crippen LogP contribution in [-0.2, 0) is 11.2 Å². The molecular formula is C20H22N2O3. The molecular weight excluding hydrogens is 316 g/mol. The van der Waals surface area contributed by atoms with Crippen molar-refractivity contribution in [2.45, 2.75) is 25.3 Å². The number of nitrogens with zero attached hydrogens (tertiary/aromatic N) is 1. The summed E-state index contributed by atoms with van der Waals surface area (Å²) in [7, 11) is 0. The van der Waals surface area contributed by atoms with Crippen molar-refractivity contribution in [3.05, 3.63) is 65.7 Å². The average Bonchev–Trinajstić information content (AvgIpc) is 2.63. The highest BCUT2D eigenvalue weighted by molar-refractivity contribution is 5.96. The molecule has 1 saturated heterocycles. The second kappa shape index (κ2) is 7.83. The molecule has 25 heavy (non-hydrogen) atoms. The highest BCUT2D eigenvalue weighted by Crippen LogP contribution is 2.17. The van der Waals surface area contributed by atoms with Gasteiger partial charge < -0.3 is 15.3 Å². The first-order chi connectivity index (χ1) is 12.1. The Kier molecular flexibility index (Phi) is 5.33. The number of carbonyl (C=O) groups is 2. The van der Waals surface area contributed by atoms with E-state index in [9.17, 15) is 14.7 Å². The van der Waals surface area contributed by atoms with Gasteiger partial charge in [-0.15, -0.1) is 0 Å². The molecule has 0 bridgehead atoms. The van der Waals surface area contributed by atoms with Crippen LogP contribution in [0.25, 0.3) is 0 Å². The summed E-state index contributed by atoms with van der Waals surface area (Å²) in [5, 5.41) is 12.7. The monoisotopic (exact) mass is 338 g/mol. The van der Waals surface area contributed by atoms with Crippen molar-refractivity contribution in [2.75, 3.05) is 13.1 Å². The molecule has 0 unspecified atom stereocenters. The summed E-state index contributed by atoms with van der Waals surface area (Å²) in [4.78, 5) is 26.5. The van der Waals surface area contributed by atoms with Crippen LogP contribution in [0.1, 0.15) is 28.8 Å². The van der Waals surface area contributed by atoms with Gasteiger partial charge in [0.25, 0.3) is 5.91 Å². The first-order valence-corrected chi connectivity index (χ1v) is 8.54. The number of hydrogen-bond acceptors (Lipinski definition) is 3. The molecule has 0 spiro atoms. The minimum atomic E-state index is -0.271. The van der Waals surface area contributed by atoms with Crippen LogP contribution < -0.4 is 5.32 Å². The van der Waals surface area contributed by atoms with E-state index < -0.39 is 0 Å². The van der Waals surface area contributed by atoms with Crippen LogP contribution in [0, 0.1) is 0 Å². The molecule has 0 saturated carbocycles. The summed E-state index contributed by atoms with van der Waals surface area (Å²) in [6, 6.07) is 16.2. The molecule has 0 atom stereocenters. The first-order valence-electron chi connectivity index (χ1n) is 8.54. The van der Waals surface area contributed by atoms with Crippen molar-refractivity contribution in [1.82, 2.24) is 10.2 Å². The smallest absolute Gasteiger partial charge is 0.255 e. The number of nitrogens with one attached hydrogen (secondary N) is 1. The fourth-order valence-corrected chi connectivity index (χ4v) is 3.08. The van der Waals surface area contributed by atoms with E-state index in [1.165, 1.54) is 6.07 Å². The van der Waals surface area contributed by atoms with Crippen LogP contribution in [-0.4, -0.2) is 41.0 Å². The Balaban J connectivity index is 1.49. The molecule has 3 rings (SSSR count). The SMILES string of the molecule is O=C(NC1CCN(C(=O)Cc2ccccc2)CC1)c1ccccc1O. The largest absolute Gasteiger partial charge is 0.507 e. The Morgan fingerprint density at radius 1 is 1.00 bits per heavy atom. The highest BCUT2D eigenvalue weighted by atomic mass is 16.3. The number of amides is 2. The second-order valence-corrected chi connectivity index (χ2v) is 6.31. The molecule has 0 aromatic heterocycles. The van der Waals surface area contributed by atoms with E-state index >= 15 is 0 Å². The number of piperidine rings is 1. The predicted octanol–water partition coefficient (Wildman–Crippen LogP) is 2.36. The molecule has 5 heteroatoms. The van der Waals surface area contributed by atoms with Gasteiger partial charge in [0, 0.05) is 19.1 Å². The normalized spacial score (nSPS) is 15.0. The van der Waals surface area contributed by atoms with Crippen LogP contribution in [0.3, 0.4) is 0 Å². The third-order valence-electron chi connectivity index (χ3n) is 4.53. The van der Waals surface area contributed by atoms with E-state index in [1.807, 2.05) is 35.2 Å². The number of carbonyl (C=O) groups excluding carboxylic acids is 2. The fourth-order valence-electron chi connectivity index (χ4n) is 3.08. The minimum absolute atomic E-state index is 0.0181. The summed E-state index contributed by atoms with van der Waals surface area (Å²) >= 11 is 0. The molecule has 0 radical (unpaired) electrons. The maximum atomic E-state index is 12.4. The lowest BCUT2D eigenvalue weighted by Gasteiger charge is -2.32. The van der Waals surface area contributed by atoms with E-state index in [0.29, 0.717) is 19.5 Å². The zero-order chi connectivity index (χ0) is 17.6. The van der Waals surface area contributed by atoms with Crippen LogP contribution in [0.4, 0.5) is 0 Å². The summed E-state index contributed by atoms with van der Waals surface area (Å²) in [5.74, 6) is -0.167. The molecule has 2 N–H and O–H groups in total. The van der Waals surface area contributed by atoms with Gasteiger partial charge in [-0.2, -0.15) is 0 Å². The molecule has 130 valence electrons. The topological polar surface area (TPSA) is 69.6 Å². The zero-order valence-electron chi connectivity index (χ0n) is 14.0.